The number of aromatic nitrogens is 2. The maximum atomic E-state index is 6.18. The Morgan fingerprint density at radius 2 is 2.11 bits per heavy atom. The zero-order valence-electron chi connectivity index (χ0n) is 9.94. The van der Waals surface area contributed by atoms with Crippen LogP contribution in [0.3, 0.4) is 0 Å². The number of hydrogen-bond acceptors (Lipinski definition) is 4. The lowest BCUT2D eigenvalue weighted by molar-refractivity contribution is 0.873. The van der Waals surface area contributed by atoms with Gasteiger partial charge >= 0.3 is 0 Å². The molecule has 2 aromatic rings. The Labute approximate surface area is 111 Å². The second kappa shape index (κ2) is 6.33. The van der Waals surface area contributed by atoms with Crippen molar-refractivity contribution in [1.29, 1.82) is 0 Å². The lowest BCUT2D eigenvalue weighted by atomic mass is 10.1. The molecule has 5 heteroatoms. The van der Waals surface area contributed by atoms with Crippen molar-refractivity contribution in [3.8, 4) is 11.3 Å². The molecule has 0 aliphatic rings. The van der Waals surface area contributed by atoms with Crippen LogP contribution in [0.25, 0.3) is 11.3 Å². The molecule has 18 heavy (non-hydrogen) atoms. The molecule has 0 saturated carbocycles. The Bertz CT molecular complexity index is 516. The van der Waals surface area contributed by atoms with Gasteiger partial charge in [0.05, 0.1) is 22.6 Å². The highest BCUT2D eigenvalue weighted by Gasteiger charge is 2.09. The first-order valence-corrected chi connectivity index (χ1v) is 6.19. The molecule has 0 radical (unpaired) electrons. The molecule has 0 bridgehead atoms. The number of halogens is 1. The fourth-order valence-electron chi connectivity index (χ4n) is 1.65. The molecule has 3 N–H and O–H groups in total. The van der Waals surface area contributed by atoms with Gasteiger partial charge in [-0.25, -0.2) is 9.97 Å². The molecule has 1 aromatic carbocycles. The molecule has 0 aliphatic heterocycles. The van der Waals surface area contributed by atoms with Gasteiger partial charge in [-0.1, -0.05) is 29.8 Å². The van der Waals surface area contributed by atoms with Gasteiger partial charge in [0.1, 0.15) is 6.33 Å². The van der Waals surface area contributed by atoms with E-state index in [9.17, 15) is 0 Å². The van der Waals surface area contributed by atoms with Gasteiger partial charge in [0.15, 0.2) is 0 Å². The summed E-state index contributed by atoms with van der Waals surface area (Å²) in [6, 6.07) is 7.63. The topological polar surface area (TPSA) is 63.8 Å². The van der Waals surface area contributed by atoms with Crippen molar-refractivity contribution >= 4 is 17.3 Å². The summed E-state index contributed by atoms with van der Waals surface area (Å²) >= 11 is 6.18. The highest BCUT2D eigenvalue weighted by Crippen LogP contribution is 2.30. The average molecular weight is 263 g/mol. The van der Waals surface area contributed by atoms with Crippen LogP contribution in [-0.4, -0.2) is 23.1 Å². The summed E-state index contributed by atoms with van der Waals surface area (Å²) in [5.74, 6) is 0. The predicted octanol–water partition coefficient (Wildman–Crippen LogP) is 2.56. The minimum atomic E-state index is 0.655. The van der Waals surface area contributed by atoms with E-state index in [2.05, 4.69) is 15.3 Å². The first-order valence-electron chi connectivity index (χ1n) is 5.82. The zero-order valence-corrected chi connectivity index (χ0v) is 10.7. The summed E-state index contributed by atoms with van der Waals surface area (Å²) in [7, 11) is 0. The summed E-state index contributed by atoms with van der Waals surface area (Å²) in [6.07, 6.45) is 4.17. The number of benzene rings is 1. The Balaban J connectivity index is 2.30. The van der Waals surface area contributed by atoms with E-state index in [1.807, 2.05) is 24.3 Å². The fourth-order valence-corrected chi connectivity index (χ4v) is 1.88. The first kappa shape index (κ1) is 12.8. The number of nitrogens with zero attached hydrogens (tertiary/aromatic N) is 2. The lowest BCUT2D eigenvalue weighted by Gasteiger charge is -2.11. The van der Waals surface area contributed by atoms with E-state index in [4.69, 9.17) is 17.3 Å². The van der Waals surface area contributed by atoms with Crippen LogP contribution < -0.4 is 11.1 Å². The van der Waals surface area contributed by atoms with E-state index in [1.165, 1.54) is 6.33 Å². The molecular weight excluding hydrogens is 248 g/mol. The molecule has 0 spiro atoms. The van der Waals surface area contributed by atoms with E-state index in [0.29, 0.717) is 11.6 Å². The molecule has 0 unspecified atom stereocenters. The van der Waals surface area contributed by atoms with Crippen molar-refractivity contribution in [2.24, 2.45) is 5.73 Å². The van der Waals surface area contributed by atoms with Crippen LogP contribution >= 0.6 is 11.6 Å². The monoisotopic (exact) mass is 262 g/mol. The molecule has 1 aromatic heterocycles. The van der Waals surface area contributed by atoms with Crippen LogP contribution in [0.15, 0.2) is 36.8 Å². The first-order chi connectivity index (χ1) is 8.83. The maximum Gasteiger partial charge on any atom is 0.116 e. The summed E-state index contributed by atoms with van der Waals surface area (Å²) in [4.78, 5) is 8.33. The summed E-state index contributed by atoms with van der Waals surface area (Å²) in [5, 5.41) is 3.96. The average Bonchev–Trinajstić information content (AvgIpc) is 2.40. The SMILES string of the molecule is NCCCNc1cncnc1-c1ccccc1Cl. The number of rotatable bonds is 5. The highest BCUT2D eigenvalue weighted by molar-refractivity contribution is 6.33. The predicted molar refractivity (Wildman–Crippen MR) is 74.6 cm³/mol. The van der Waals surface area contributed by atoms with Crippen molar-refractivity contribution in [2.45, 2.75) is 6.42 Å². The van der Waals surface area contributed by atoms with Crippen molar-refractivity contribution in [3.63, 3.8) is 0 Å². The van der Waals surface area contributed by atoms with Crippen molar-refractivity contribution in [2.75, 3.05) is 18.4 Å². The fraction of sp³-hybridized carbons (Fsp3) is 0.231. The largest absolute Gasteiger partial charge is 0.382 e. The van der Waals surface area contributed by atoms with Crippen LogP contribution in [-0.2, 0) is 0 Å². The molecule has 2 rings (SSSR count). The van der Waals surface area contributed by atoms with Crippen LogP contribution in [0, 0.1) is 0 Å². The molecule has 0 amide bonds. The quantitative estimate of drug-likeness (QED) is 0.813. The van der Waals surface area contributed by atoms with Crippen LogP contribution in [0.5, 0.6) is 0 Å². The maximum absolute atomic E-state index is 6.18. The van der Waals surface area contributed by atoms with Gasteiger partial charge in [0, 0.05) is 12.1 Å². The van der Waals surface area contributed by atoms with Gasteiger partial charge in [-0.15, -0.1) is 0 Å². The Hall–Kier alpha value is -1.65. The second-order valence-corrected chi connectivity index (χ2v) is 4.24. The zero-order chi connectivity index (χ0) is 12.8. The highest BCUT2D eigenvalue weighted by atomic mass is 35.5. The molecule has 94 valence electrons. The lowest BCUT2D eigenvalue weighted by Crippen LogP contribution is -2.09. The molecular formula is C13H15ClN4. The molecule has 0 atom stereocenters. The standard InChI is InChI=1S/C13H15ClN4/c14-11-5-2-1-4-10(11)13-12(8-16-9-18-13)17-7-3-6-15/h1-2,4-5,8-9,17H,3,6-7,15H2. The van der Waals surface area contributed by atoms with Gasteiger partial charge in [0.25, 0.3) is 0 Å². The third-order valence-electron chi connectivity index (χ3n) is 2.54. The number of nitrogens with two attached hydrogens (primary N) is 1. The van der Waals surface area contributed by atoms with E-state index in [1.54, 1.807) is 6.20 Å². The van der Waals surface area contributed by atoms with Gasteiger partial charge in [0.2, 0.25) is 0 Å². The van der Waals surface area contributed by atoms with Gasteiger partial charge < -0.3 is 11.1 Å². The Morgan fingerprint density at radius 3 is 2.89 bits per heavy atom. The minimum absolute atomic E-state index is 0.655. The van der Waals surface area contributed by atoms with Crippen LogP contribution in [0.1, 0.15) is 6.42 Å². The van der Waals surface area contributed by atoms with Gasteiger partial charge in [-0.2, -0.15) is 0 Å². The normalized spacial score (nSPS) is 10.3. The third kappa shape index (κ3) is 2.97. The van der Waals surface area contributed by atoms with E-state index in [0.717, 1.165) is 29.9 Å². The van der Waals surface area contributed by atoms with Crippen molar-refractivity contribution in [3.05, 3.63) is 41.8 Å². The smallest absolute Gasteiger partial charge is 0.116 e. The summed E-state index contributed by atoms with van der Waals surface area (Å²) in [6.45, 7) is 1.45. The molecule has 0 aliphatic carbocycles. The molecule has 4 nitrogen and oxygen atoms in total. The molecule has 1 heterocycles. The van der Waals surface area contributed by atoms with E-state index >= 15 is 0 Å². The Kier molecular flexibility index (Phi) is 4.50. The minimum Gasteiger partial charge on any atom is -0.382 e. The number of hydrogen-bond donors (Lipinski definition) is 2. The summed E-state index contributed by atoms with van der Waals surface area (Å²) < 4.78 is 0. The van der Waals surface area contributed by atoms with Crippen LogP contribution in [0.4, 0.5) is 5.69 Å². The molecule has 0 saturated heterocycles. The van der Waals surface area contributed by atoms with Crippen molar-refractivity contribution < 1.29 is 0 Å². The van der Waals surface area contributed by atoms with Crippen molar-refractivity contribution in [1.82, 2.24) is 9.97 Å². The third-order valence-corrected chi connectivity index (χ3v) is 2.87. The molecule has 0 fully saturated rings. The summed E-state index contributed by atoms with van der Waals surface area (Å²) in [5.41, 5.74) is 8.06. The van der Waals surface area contributed by atoms with E-state index < -0.39 is 0 Å². The number of anilines is 1. The van der Waals surface area contributed by atoms with Crippen LogP contribution in [0.2, 0.25) is 5.02 Å². The second-order valence-electron chi connectivity index (χ2n) is 3.83. The van der Waals surface area contributed by atoms with Gasteiger partial charge in [-0.3, -0.25) is 0 Å². The van der Waals surface area contributed by atoms with E-state index in [-0.39, 0.29) is 0 Å². The Morgan fingerprint density at radius 1 is 1.28 bits per heavy atom. The number of nitrogens with one attached hydrogen (secondary N) is 1. The van der Waals surface area contributed by atoms with Gasteiger partial charge in [-0.05, 0) is 19.0 Å².